The molecule has 122 valence electrons. The molecule has 1 aromatic carbocycles. The predicted molar refractivity (Wildman–Crippen MR) is 87.1 cm³/mol. The SMILES string of the molecule is CCn1nncc1CNC(=O)Nc1cccc(N(C)C(C)=O)c1. The second-order valence-electron chi connectivity index (χ2n) is 4.98. The fourth-order valence-corrected chi connectivity index (χ4v) is 2.00. The van der Waals surface area contributed by atoms with Crippen molar-refractivity contribution in [1.82, 2.24) is 20.3 Å². The lowest BCUT2D eigenvalue weighted by atomic mass is 10.2. The Balaban J connectivity index is 1.95. The van der Waals surface area contributed by atoms with Crippen LogP contribution in [0.5, 0.6) is 0 Å². The molecule has 2 rings (SSSR count). The van der Waals surface area contributed by atoms with Gasteiger partial charge in [0.1, 0.15) is 0 Å². The highest BCUT2D eigenvalue weighted by molar-refractivity contribution is 5.93. The van der Waals surface area contributed by atoms with Gasteiger partial charge in [0, 0.05) is 31.9 Å². The summed E-state index contributed by atoms with van der Waals surface area (Å²) in [6.45, 7) is 4.46. The monoisotopic (exact) mass is 316 g/mol. The van der Waals surface area contributed by atoms with Crippen molar-refractivity contribution in [3.8, 4) is 0 Å². The average Bonchev–Trinajstić information content (AvgIpc) is 3.00. The van der Waals surface area contributed by atoms with Crippen molar-refractivity contribution in [2.45, 2.75) is 26.9 Å². The minimum atomic E-state index is -0.337. The van der Waals surface area contributed by atoms with E-state index in [-0.39, 0.29) is 11.9 Å². The van der Waals surface area contributed by atoms with Crippen molar-refractivity contribution in [1.29, 1.82) is 0 Å². The number of aryl methyl sites for hydroxylation is 1. The van der Waals surface area contributed by atoms with E-state index in [1.165, 1.54) is 11.8 Å². The molecular formula is C15H20N6O2. The summed E-state index contributed by atoms with van der Waals surface area (Å²) in [6, 6.07) is 6.74. The van der Waals surface area contributed by atoms with Crippen LogP contribution in [0.2, 0.25) is 0 Å². The number of carbonyl (C=O) groups is 2. The molecule has 0 radical (unpaired) electrons. The van der Waals surface area contributed by atoms with Crippen LogP contribution in [0.15, 0.2) is 30.5 Å². The molecule has 0 aliphatic carbocycles. The predicted octanol–water partition coefficient (Wildman–Crippen LogP) is 1.60. The van der Waals surface area contributed by atoms with Crippen LogP contribution in [0.3, 0.4) is 0 Å². The molecule has 0 saturated heterocycles. The molecule has 1 heterocycles. The third-order valence-electron chi connectivity index (χ3n) is 3.39. The third-order valence-corrected chi connectivity index (χ3v) is 3.39. The molecule has 23 heavy (non-hydrogen) atoms. The number of hydrogen-bond acceptors (Lipinski definition) is 4. The minimum absolute atomic E-state index is 0.0769. The molecule has 0 aliphatic heterocycles. The Hall–Kier alpha value is -2.90. The first-order valence-corrected chi connectivity index (χ1v) is 7.27. The molecule has 2 aromatic rings. The van der Waals surface area contributed by atoms with Crippen molar-refractivity contribution in [2.75, 3.05) is 17.3 Å². The molecule has 0 spiro atoms. The van der Waals surface area contributed by atoms with E-state index in [9.17, 15) is 9.59 Å². The van der Waals surface area contributed by atoms with Gasteiger partial charge in [-0.25, -0.2) is 9.48 Å². The zero-order chi connectivity index (χ0) is 16.8. The van der Waals surface area contributed by atoms with E-state index < -0.39 is 0 Å². The number of benzene rings is 1. The maximum atomic E-state index is 12.0. The fourth-order valence-electron chi connectivity index (χ4n) is 2.00. The number of hydrogen-bond donors (Lipinski definition) is 2. The minimum Gasteiger partial charge on any atom is -0.332 e. The lowest BCUT2D eigenvalue weighted by molar-refractivity contribution is -0.116. The first-order chi connectivity index (χ1) is 11.0. The Morgan fingerprint density at radius 3 is 2.83 bits per heavy atom. The van der Waals surface area contributed by atoms with E-state index in [0.29, 0.717) is 24.5 Å². The van der Waals surface area contributed by atoms with Crippen LogP contribution in [0.4, 0.5) is 16.2 Å². The van der Waals surface area contributed by atoms with Crippen molar-refractivity contribution in [3.63, 3.8) is 0 Å². The van der Waals surface area contributed by atoms with Crippen LogP contribution in [-0.2, 0) is 17.9 Å². The summed E-state index contributed by atoms with van der Waals surface area (Å²) in [5, 5.41) is 13.2. The molecule has 3 amide bonds. The average molecular weight is 316 g/mol. The van der Waals surface area contributed by atoms with Crippen molar-refractivity contribution < 1.29 is 9.59 Å². The number of carbonyl (C=O) groups excluding carboxylic acids is 2. The molecule has 1 aromatic heterocycles. The number of nitrogens with zero attached hydrogens (tertiary/aromatic N) is 4. The molecule has 0 atom stereocenters. The van der Waals surface area contributed by atoms with Gasteiger partial charge in [0.25, 0.3) is 0 Å². The number of nitrogens with one attached hydrogen (secondary N) is 2. The van der Waals surface area contributed by atoms with Gasteiger partial charge in [-0.3, -0.25) is 4.79 Å². The Morgan fingerprint density at radius 2 is 2.13 bits per heavy atom. The number of rotatable bonds is 5. The molecule has 0 unspecified atom stereocenters. The van der Waals surface area contributed by atoms with Crippen LogP contribution in [0, 0.1) is 0 Å². The van der Waals surface area contributed by atoms with Gasteiger partial charge in [-0.15, -0.1) is 5.10 Å². The highest BCUT2D eigenvalue weighted by Gasteiger charge is 2.08. The van der Waals surface area contributed by atoms with Crippen molar-refractivity contribution in [2.24, 2.45) is 0 Å². The molecule has 8 nitrogen and oxygen atoms in total. The maximum Gasteiger partial charge on any atom is 0.319 e. The largest absolute Gasteiger partial charge is 0.332 e. The van der Waals surface area contributed by atoms with E-state index in [4.69, 9.17) is 0 Å². The topological polar surface area (TPSA) is 92.2 Å². The maximum absolute atomic E-state index is 12.0. The third kappa shape index (κ3) is 4.29. The Labute approximate surface area is 134 Å². The summed E-state index contributed by atoms with van der Waals surface area (Å²) in [4.78, 5) is 24.9. The smallest absolute Gasteiger partial charge is 0.319 e. The van der Waals surface area contributed by atoms with Gasteiger partial charge in [-0.05, 0) is 25.1 Å². The molecule has 0 aliphatic rings. The Bertz CT molecular complexity index is 697. The van der Waals surface area contributed by atoms with Gasteiger partial charge in [0.15, 0.2) is 0 Å². The lowest BCUT2D eigenvalue weighted by Gasteiger charge is -2.16. The van der Waals surface area contributed by atoms with E-state index in [0.717, 1.165) is 5.69 Å². The van der Waals surface area contributed by atoms with Gasteiger partial charge in [-0.1, -0.05) is 11.3 Å². The Morgan fingerprint density at radius 1 is 1.35 bits per heavy atom. The van der Waals surface area contributed by atoms with Crippen LogP contribution in [0.1, 0.15) is 19.5 Å². The standard InChI is InChI=1S/C15H20N6O2/c1-4-21-14(10-17-19-21)9-16-15(23)18-12-6-5-7-13(8-12)20(3)11(2)22/h5-8,10H,4,9H2,1-3H3,(H2,16,18,23). The molecule has 0 bridgehead atoms. The Kier molecular flexibility index (Phi) is 5.29. The summed E-state index contributed by atoms with van der Waals surface area (Å²) >= 11 is 0. The van der Waals surface area contributed by atoms with E-state index in [2.05, 4.69) is 20.9 Å². The number of amides is 3. The van der Waals surface area contributed by atoms with Gasteiger partial charge < -0.3 is 15.5 Å². The molecule has 0 fully saturated rings. The zero-order valence-electron chi connectivity index (χ0n) is 13.4. The normalized spacial score (nSPS) is 10.2. The quantitative estimate of drug-likeness (QED) is 0.876. The fraction of sp³-hybridized carbons (Fsp3) is 0.333. The first-order valence-electron chi connectivity index (χ1n) is 7.27. The van der Waals surface area contributed by atoms with Crippen LogP contribution < -0.4 is 15.5 Å². The second kappa shape index (κ2) is 7.39. The van der Waals surface area contributed by atoms with Crippen LogP contribution >= 0.6 is 0 Å². The molecule has 8 heteroatoms. The van der Waals surface area contributed by atoms with Gasteiger partial charge in [-0.2, -0.15) is 0 Å². The summed E-state index contributed by atoms with van der Waals surface area (Å²) in [7, 11) is 1.68. The van der Waals surface area contributed by atoms with E-state index in [1.54, 1.807) is 42.2 Å². The molecular weight excluding hydrogens is 296 g/mol. The van der Waals surface area contributed by atoms with Gasteiger partial charge in [0.05, 0.1) is 18.4 Å². The zero-order valence-corrected chi connectivity index (χ0v) is 13.4. The highest BCUT2D eigenvalue weighted by Crippen LogP contribution is 2.18. The summed E-state index contributed by atoms with van der Waals surface area (Å²) in [5.41, 5.74) is 2.14. The lowest BCUT2D eigenvalue weighted by Crippen LogP contribution is -2.29. The van der Waals surface area contributed by atoms with E-state index >= 15 is 0 Å². The van der Waals surface area contributed by atoms with E-state index in [1.807, 2.05) is 6.92 Å². The number of anilines is 2. The summed E-state index contributed by atoms with van der Waals surface area (Å²) < 4.78 is 1.71. The van der Waals surface area contributed by atoms with Crippen LogP contribution in [-0.4, -0.2) is 34.0 Å². The summed E-state index contributed by atoms with van der Waals surface area (Å²) in [6.07, 6.45) is 1.62. The van der Waals surface area contributed by atoms with Crippen molar-refractivity contribution in [3.05, 3.63) is 36.2 Å². The van der Waals surface area contributed by atoms with Crippen LogP contribution in [0.25, 0.3) is 0 Å². The highest BCUT2D eigenvalue weighted by atomic mass is 16.2. The summed E-state index contributed by atoms with van der Waals surface area (Å²) in [5.74, 6) is -0.0769. The molecule has 2 N–H and O–H groups in total. The first kappa shape index (κ1) is 16.5. The second-order valence-corrected chi connectivity index (χ2v) is 4.98. The molecule has 0 saturated carbocycles. The number of urea groups is 1. The number of aromatic nitrogens is 3. The van der Waals surface area contributed by atoms with Crippen molar-refractivity contribution >= 4 is 23.3 Å². The van der Waals surface area contributed by atoms with Gasteiger partial charge >= 0.3 is 6.03 Å². The van der Waals surface area contributed by atoms with Gasteiger partial charge in [0.2, 0.25) is 5.91 Å².